The van der Waals surface area contributed by atoms with Crippen molar-refractivity contribution in [3.05, 3.63) is 21.2 Å². The van der Waals surface area contributed by atoms with E-state index in [2.05, 4.69) is 36.8 Å². The first-order valence-corrected chi connectivity index (χ1v) is 8.17. The molecule has 1 rings (SSSR count). The van der Waals surface area contributed by atoms with Crippen molar-refractivity contribution >= 4 is 53.3 Å². The Hall–Kier alpha value is 0.350. The van der Waals surface area contributed by atoms with Crippen LogP contribution in [0.1, 0.15) is 13.3 Å². The van der Waals surface area contributed by atoms with Gasteiger partial charge in [-0.05, 0) is 51.3 Å². The van der Waals surface area contributed by atoms with E-state index in [4.69, 9.17) is 11.6 Å². The van der Waals surface area contributed by atoms with E-state index >= 15 is 0 Å². The van der Waals surface area contributed by atoms with Gasteiger partial charge in [0.25, 0.3) is 0 Å². The Kier molecular flexibility index (Phi) is 5.22. The zero-order valence-electron chi connectivity index (χ0n) is 8.45. The summed E-state index contributed by atoms with van der Waals surface area (Å²) in [5.74, 6) is 0.314. The number of hydrogen-bond donors (Lipinski definition) is 0. The van der Waals surface area contributed by atoms with Gasteiger partial charge in [-0.2, -0.15) is 0 Å². The summed E-state index contributed by atoms with van der Waals surface area (Å²) >= 11 is 12.0. The van der Waals surface area contributed by atoms with E-state index in [1.54, 1.807) is 13.0 Å². The molecule has 0 aromatic carbocycles. The number of rotatable bonds is 4. The largest absolute Gasteiger partial charge is 0.242 e. The Bertz CT molecular complexity index is 478. The predicted octanol–water partition coefficient (Wildman–Crippen LogP) is 3.40. The van der Waals surface area contributed by atoms with Crippen LogP contribution in [0.2, 0.25) is 0 Å². The number of pyridine rings is 1. The number of hydrogen-bond acceptors (Lipinski definition) is 3. The average molecular weight is 392 g/mol. The highest BCUT2D eigenvalue weighted by atomic mass is 79.9. The van der Waals surface area contributed by atoms with Crippen molar-refractivity contribution in [1.82, 2.24) is 4.98 Å². The highest BCUT2D eigenvalue weighted by Gasteiger charge is 2.26. The average Bonchev–Trinajstić information content (AvgIpc) is 2.17. The molecule has 90 valence electrons. The Labute approximate surface area is 117 Å². The fourth-order valence-corrected chi connectivity index (χ4v) is 4.57. The number of alkyl halides is 1. The third-order valence-corrected chi connectivity index (χ3v) is 5.77. The molecule has 0 aliphatic rings. The van der Waals surface area contributed by atoms with Crippen LogP contribution in [-0.4, -0.2) is 24.5 Å². The number of halogens is 3. The molecule has 0 aliphatic carbocycles. The second-order valence-corrected chi connectivity index (χ2v) is 7.70. The molecule has 0 saturated carbocycles. The molecule has 0 spiro atoms. The van der Waals surface area contributed by atoms with Crippen LogP contribution in [0.25, 0.3) is 0 Å². The minimum atomic E-state index is -3.41. The van der Waals surface area contributed by atoms with Crippen LogP contribution < -0.4 is 0 Å². The summed E-state index contributed by atoms with van der Waals surface area (Å²) in [4.78, 5) is 3.93. The summed E-state index contributed by atoms with van der Waals surface area (Å²) in [6.45, 7) is 1.63. The van der Waals surface area contributed by atoms with Gasteiger partial charge in [-0.25, -0.2) is 13.4 Å². The summed E-state index contributed by atoms with van der Waals surface area (Å²) in [7, 11) is -3.41. The fourth-order valence-electron chi connectivity index (χ4n) is 1.11. The molecule has 1 atom stereocenters. The summed E-state index contributed by atoms with van der Waals surface area (Å²) < 4.78 is 25.4. The standard InChI is InChI=1S/C9H10Br2ClNO2S/c1-6(2-3-12)16(14,15)9-8(11)4-7(10)5-13-9/h4-6H,2-3H2,1H3. The van der Waals surface area contributed by atoms with Crippen molar-refractivity contribution < 1.29 is 8.42 Å². The highest BCUT2D eigenvalue weighted by Crippen LogP contribution is 2.26. The maximum Gasteiger partial charge on any atom is 0.199 e. The first-order chi connectivity index (χ1) is 7.39. The zero-order chi connectivity index (χ0) is 12.3. The van der Waals surface area contributed by atoms with Gasteiger partial charge < -0.3 is 0 Å². The quantitative estimate of drug-likeness (QED) is 0.739. The molecule has 1 aromatic rings. The second kappa shape index (κ2) is 5.80. The predicted molar refractivity (Wildman–Crippen MR) is 71.6 cm³/mol. The van der Waals surface area contributed by atoms with Gasteiger partial charge in [-0.15, -0.1) is 11.6 Å². The molecule has 0 N–H and O–H groups in total. The molecule has 16 heavy (non-hydrogen) atoms. The Balaban J connectivity index is 3.17. The lowest BCUT2D eigenvalue weighted by Crippen LogP contribution is -2.20. The fraction of sp³-hybridized carbons (Fsp3) is 0.444. The van der Waals surface area contributed by atoms with Crippen molar-refractivity contribution in [3.8, 4) is 0 Å². The summed E-state index contributed by atoms with van der Waals surface area (Å²) in [6, 6.07) is 1.66. The number of sulfone groups is 1. The highest BCUT2D eigenvalue weighted by molar-refractivity contribution is 9.11. The SMILES string of the molecule is CC(CCCl)S(=O)(=O)c1ncc(Br)cc1Br. The van der Waals surface area contributed by atoms with Gasteiger partial charge in [0.2, 0.25) is 0 Å². The molecule has 1 heterocycles. The van der Waals surface area contributed by atoms with E-state index in [0.717, 1.165) is 4.47 Å². The lowest BCUT2D eigenvalue weighted by Gasteiger charge is -2.11. The molecule has 0 bridgehead atoms. The molecule has 7 heteroatoms. The lowest BCUT2D eigenvalue weighted by molar-refractivity contribution is 0.576. The molecular weight excluding hydrogens is 381 g/mol. The van der Waals surface area contributed by atoms with Crippen molar-refractivity contribution in [2.45, 2.75) is 23.6 Å². The van der Waals surface area contributed by atoms with E-state index in [-0.39, 0.29) is 5.03 Å². The minimum Gasteiger partial charge on any atom is -0.242 e. The van der Waals surface area contributed by atoms with Crippen LogP contribution >= 0.6 is 43.5 Å². The van der Waals surface area contributed by atoms with Crippen molar-refractivity contribution in [1.29, 1.82) is 0 Å². The first-order valence-electron chi connectivity index (χ1n) is 4.50. The van der Waals surface area contributed by atoms with E-state index in [1.165, 1.54) is 6.20 Å². The third kappa shape index (κ3) is 3.18. The monoisotopic (exact) mass is 389 g/mol. The van der Waals surface area contributed by atoms with Crippen molar-refractivity contribution in [2.75, 3.05) is 5.88 Å². The normalized spacial score (nSPS) is 13.8. The second-order valence-electron chi connectivity index (χ2n) is 3.27. The van der Waals surface area contributed by atoms with E-state index in [1.807, 2.05) is 0 Å². The van der Waals surface area contributed by atoms with Crippen molar-refractivity contribution in [3.63, 3.8) is 0 Å². The maximum atomic E-state index is 12.1. The van der Waals surface area contributed by atoms with Crippen LogP contribution in [0, 0.1) is 0 Å². The van der Waals surface area contributed by atoms with Gasteiger partial charge in [0.15, 0.2) is 14.9 Å². The van der Waals surface area contributed by atoms with Crippen LogP contribution in [0.3, 0.4) is 0 Å². The molecule has 0 radical (unpaired) electrons. The summed E-state index contributed by atoms with van der Waals surface area (Å²) in [6.07, 6.45) is 1.87. The molecule has 1 unspecified atom stereocenters. The molecule has 0 saturated heterocycles. The van der Waals surface area contributed by atoms with E-state index < -0.39 is 15.1 Å². The maximum absolute atomic E-state index is 12.1. The lowest BCUT2D eigenvalue weighted by atomic mass is 10.4. The van der Waals surface area contributed by atoms with Gasteiger partial charge in [0, 0.05) is 16.5 Å². The van der Waals surface area contributed by atoms with Crippen LogP contribution in [-0.2, 0) is 9.84 Å². The Morgan fingerprint density at radius 3 is 2.62 bits per heavy atom. The molecule has 0 fully saturated rings. The molecule has 3 nitrogen and oxygen atoms in total. The van der Waals surface area contributed by atoms with Gasteiger partial charge in [0.05, 0.1) is 9.72 Å². The zero-order valence-corrected chi connectivity index (χ0v) is 13.2. The van der Waals surface area contributed by atoms with Crippen LogP contribution in [0.4, 0.5) is 0 Å². The van der Waals surface area contributed by atoms with Crippen molar-refractivity contribution in [2.24, 2.45) is 0 Å². The summed E-state index contributed by atoms with van der Waals surface area (Å²) in [5, 5.41) is -0.469. The van der Waals surface area contributed by atoms with Gasteiger partial charge in [-0.3, -0.25) is 0 Å². The number of nitrogens with zero attached hydrogens (tertiary/aromatic N) is 1. The third-order valence-electron chi connectivity index (χ3n) is 2.09. The van der Waals surface area contributed by atoms with Crippen LogP contribution in [0.15, 0.2) is 26.2 Å². The van der Waals surface area contributed by atoms with Crippen LogP contribution in [0.5, 0.6) is 0 Å². The minimum absolute atomic E-state index is 0.0633. The van der Waals surface area contributed by atoms with Gasteiger partial charge in [0.1, 0.15) is 0 Å². The first kappa shape index (κ1) is 14.4. The Morgan fingerprint density at radius 2 is 2.12 bits per heavy atom. The molecule has 0 amide bonds. The topological polar surface area (TPSA) is 47.0 Å². The number of aromatic nitrogens is 1. The smallest absolute Gasteiger partial charge is 0.199 e. The molecule has 1 aromatic heterocycles. The molecule has 0 aliphatic heterocycles. The Morgan fingerprint density at radius 1 is 1.50 bits per heavy atom. The molecular formula is C9H10Br2ClNO2S. The van der Waals surface area contributed by atoms with E-state index in [0.29, 0.717) is 16.8 Å². The van der Waals surface area contributed by atoms with Gasteiger partial charge >= 0.3 is 0 Å². The summed E-state index contributed by atoms with van der Waals surface area (Å²) in [5.41, 5.74) is 0. The van der Waals surface area contributed by atoms with Gasteiger partial charge in [-0.1, -0.05) is 0 Å². The van der Waals surface area contributed by atoms with E-state index in [9.17, 15) is 8.42 Å².